The lowest BCUT2D eigenvalue weighted by Gasteiger charge is -1.97. The van der Waals surface area contributed by atoms with Crippen LogP contribution in [0, 0.1) is 0 Å². The van der Waals surface area contributed by atoms with Crippen LogP contribution in [0.15, 0.2) is 24.2 Å². The molecule has 4 heteroatoms. The molecule has 0 spiro atoms. The van der Waals surface area contributed by atoms with Crippen LogP contribution in [0.5, 0.6) is 0 Å². The highest BCUT2D eigenvalue weighted by Gasteiger charge is 2.05. The number of amides is 1. The molecule has 1 amide bonds. The number of nitrogens with two attached hydrogens (primary N) is 1. The van der Waals surface area contributed by atoms with Gasteiger partial charge in [-0.05, 0) is 25.0 Å². The minimum atomic E-state index is -0.253. The summed E-state index contributed by atoms with van der Waals surface area (Å²) in [5, 5.41) is 0. The van der Waals surface area contributed by atoms with Gasteiger partial charge in [-0.3, -0.25) is 9.59 Å². The molecule has 0 aromatic carbocycles. The van der Waals surface area contributed by atoms with E-state index in [2.05, 4.69) is 0 Å². The van der Waals surface area contributed by atoms with Crippen LogP contribution in [-0.2, 0) is 14.3 Å². The predicted octanol–water partition coefficient (Wildman–Crippen LogP) is 1.81. The third-order valence-electron chi connectivity index (χ3n) is 2.28. The van der Waals surface area contributed by atoms with Crippen molar-refractivity contribution < 1.29 is 14.3 Å². The van der Waals surface area contributed by atoms with Crippen LogP contribution in [0.25, 0.3) is 0 Å². The van der Waals surface area contributed by atoms with Gasteiger partial charge in [-0.25, -0.2) is 0 Å². The highest BCUT2D eigenvalue weighted by atomic mass is 16.5. The summed E-state index contributed by atoms with van der Waals surface area (Å²) in [4.78, 5) is 21.7. The monoisotopic (exact) mass is 223 g/mol. The standard InChI is InChI=1S/C12H17NO3/c13-12(15)6-4-2-1-3-5-10(14)7-8-11-9-16-11/h7-9H,1-6H2,(H2,13,15). The van der Waals surface area contributed by atoms with Gasteiger partial charge in [0.2, 0.25) is 5.91 Å². The third kappa shape index (κ3) is 6.81. The molecule has 16 heavy (non-hydrogen) atoms. The second-order valence-electron chi connectivity index (χ2n) is 3.82. The molecule has 0 atom stereocenters. The van der Waals surface area contributed by atoms with Crippen molar-refractivity contribution in [3.8, 4) is 0 Å². The first-order chi connectivity index (χ1) is 7.68. The highest BCUT2D eigenvalue weighted by Crippen LogP contribution is 2.14. The lowest BCUT2D eigenvalue weighted by molar-refractivity contribution is -0.118. The van der Waals surface area contributed by atoms with Crippen LogP contribution < -0.4 is 5.73 Å². The van der Waals surface area contributed by atoms with Crippen LogP contribution in [0.3, 0.4) is 0 Å². The summed E-state index contributed by atoms with van der Waals surface area (Å²) in [6.45, 7) is 0. The molecule has 2 N–H and O–H groups in total. The van der Waals surface area contributed by atoms with E-state index < -0.39 is 0 Å². The Morgan fingerprint density at radius 1 is 1.19 bits per heavy atom. The zero-order valence-electron chi connectivity index (χ0n) is 9.28. The number of ketones is 1. The van der Waals surface area contributed by atoms with Crippen LogP contribution in [0.2, 0.25) is 0 Å². The molecule has 0 saturated carbocycles. The van der Waals surface area contributed by atoms with E-state index in [-0.39, 0.29) is 11.7 Å². The molecule has 1 aliphatic heterocycles. The Hall–Kier alpha value is -1.58. The summed E-state index contributed by atoms with van der Waals surface area (Å²) in [5.74, 6) is 0.623. The van der Waals surface area contributed by atoms with E-state index in [1.165, 1.54) is 0 Å². The Balaban J connectivity index is 1.91. The van der Waals surface area contributed by atoms with Gasteiger partial charge in [0, 0.05) is 12.8 Å². The Morgan fingerprint density at radius 3 is 2.38 bits per heavy atom. The zero-order chi connectivity index (χ0) is 11.8. The fourth-order valence-electron chi connectivity index (χ4n) is 1.32. The topological polar surface area (TPSA) is 72.7 Å². The number of hydrogen-bond donors (Lipinski definition) is 1. The number of ether oxygens (including phenoxy) is 1. The average Bonchev–Trinajstić information content (AvgIpc) is 3.03. The molecule has 0 radical (unpaired) electrons. The van der Waals surface area contributed by atoms with Gasteiger partial charge < -0.3 is 10.5 Å². The smallest absolute Gasteiger partial charge is 0.217 e. The van der Waals surface area contributed by atoms with Crippen molar-refractivity contribution in [1.29, 1.82) is 0 Å². The molecule has 0 aromatic rings. The number of carbonyl (C=O) groups excluding carboxylic acids is 2. The van der Waals surface area contributed by atoms with Gasteiger partial charge in [-0.1, -0.05) is 12.8 Å². The van der Waals surface area contributed by atoms with E-state index >= 15 is 0 Å². The fourth-order valence-corrected chi connectivity index (χ4v) is 1.32. The molecular weight excluding hydrogens is 206 g/mol. The molecule has 4 nitrogen and oxygen atoms in total. The average molecular weight is 223 g/mol. The van der Waals surface area contributed by atoms with Crippen molar-refractivity contribution in [1.82, 2.24) is 0 Å². The second-order valence-corrected chi connectivity index (χ2v) is 3.82. The summed E-state index contributed by atoms with van der Waals surface area (Å²) in [7, 11) is 0. The summed E-state index contributed by atoms with van der Waals surface area (Å²) < 4.78 is 4.75. The van der Waals surface area contributed by atoms with Gasteiger partial charge >= 0.3 is 0 Å². The highest BCUT2D eigenvalue weighted by molar-refractivity contribution is 5.90. The van der Waals surface area contributed by atoms with E-state index in [9.17, 15) is 9.59 Å². The zero-order valence-corrected chi connectivity index (χ0v) is 9.28. The first-order valence-corrected chi connectivity index (χ1v) is 5.54. The third-order valence-corrected chi connectivity index (χ3v) is 2.28. The Bertz CT molecular complexity index is 318. The van der Waals surface area contributed by atoms with Gasteiger partial charge in [-0.2, -0.15) is 0 Å². The fraction of sp³-hybridized carbons (Fsp3) is 0.500. The Kier molecular flexibility index (Phi) is 5.32. The van der Waals surface area contributed by atoms with E-state index in [0.717, 1.165) is 31.4 Å². The van der Waals surface area contributed by atoms with E-state index in [4.69, 9.17) is 10.5 Å². The van der Waals surface area contributed by atoms with Gasteiger partial charge in [0.15, 0.2) is 11.5 Å². The molecule has 0 unspecified atom stereocenters. The number of rotatable bonds is 9. The molecule has 1 heterocycles. The predicted molar refractivity (Wildman–Crippen MR) is 60.2 cm³/mol. The Labute approximate surface area is 95.1 Å². The second kappa shape index (κ2) is 6.82. The van der Waals surface area contributed by atoms with Gasteiger partial charge in [0.1, 0.15) is 6.26 Å². The lowest BCUT2D eigenvalue weighted by Crippen LogP contribution is -2.09. The maximum Gasteiger partial charge on any atom is 0.217 e. The maximum atomic E-state index is 11.3. The number of unbranched alkanes of at least 4 members (excludes halogenated alkanes) is 3. The van der Waals surface area contributed by atoms with Crippen molar-refractivity contribution in [2.24, 2.45) is 5.73 Å². The SMILES string of the molecule is NC(=O)CCCCCCC(=O)C=CC1=CO1. The maximum absolute atomic E-state index is 11.3. The van der Waals surface area contributed by atoms with Crippen molar-refractivity contribution >= 4 is 11.7 Å². The van der Waals surface area contributed by atoms with Crippen molar-refractivity contribution in [3.05, 3.63) is 24.2 Å². The van der Waals surface area contributed by atoms with Crippen LogP contribution >= 0.6 is 0 Å². The van der Waals surface area contributed by atoms with Crippen molar-refractivity contribution in [2.45, 2.75) is 38.5 Å². The molecule has 0 aromatic heterocycles. The number of allylic oxidation sites excluding steroid dienone is 2. The number of carbonyl (C=O) groups is 2. The largest absolute Gasteiger partial charge is 0.458 e. The van der Waals surface area contributed by atoms with Crippen molar-refractivity contribution in [3.63, 3.8) is 0 Å². The number of hydrogen-bond acceptors (Lipinski definition) is 3. The summed E-state index contributed by atoms with van der Waals surface area (Å²) in [5.41, 5.74) is 5.01. The Morgan fingerprint density at radius 2 is 1.81 bits per heavy atom. The van der Waals surface area contributed by atoms with Gasteiger partial charge in [0.05, 0.1) is 0 Å². The summed E-state index contributed by atoms with van der Waals surface area (Å²) in [6.07, 6.45) is 9.41. The minimum absolute atomic E-state index is 0.117. The number of primary amides is 1. The first-order valence-electron chi connectivity index (χ1n) is 5.54. The van der Waals surface area contributed by atoms with E-state index in [1.54, 1.807) is 18.4 Å². The molecule has 88 valence electrons. The molecule has 0 saturated heterocycles. The van der Waals surface area contributed by atoms with Crippen LogP contribution in [0.1, 0.15) is 38.5 Å². The quantitative estimate of drug-likeness (QED) is 0.478. The molecule has 0 fully saturated rings. The summed E-state index contributed by atoms with van der Waals surface area (Å²) >= 11 is 0. The van der Waals surface area contributed by atoms with Gasteiger partial charge in [-0.15, -0.1) is 0 Å². The summed E-state index contributed by atoms with van der Waals surface area (Å²) in [6, 6.07) is 0. The molecular formula is C12H17NO3. The van der Waals surface area contributed by atoms with Crippen molar-refractivity contribution in [2.75, 3.05) is 0 Å². The molecule has 0 aliphatic carbocycles. The molecule has 1 rings (SSSR count). The van der Waals surface area contributed by atoms with Gasteiger partial charge in [0.25, 0.3) is 0 Å². The molecule has 1 aliphatic rings. The first kappa shape index (κ1) is 12.5. The van der Waals surface area contributed by atoms with Crippen LogP contribution in [-0.4, -0.2) is 11.7 Å². The minimum Gasteiger partial charge on any atom is -0.458 e. The normalized spacial score (nSPS) is 13.4. The van der Waals surface area contributed by atoms with E-state index in [1.807, 2.05) is 0 Å². The van der Waals surface area contributed by atoms with Crippen LogP contribution in [0.4, 0.5) is 0 Å². The lowest BCUT2D eigenvalue weighted by atomic mass is 10.1. The molecule has 0 bridgehead atoms. The van der Waals surface area contributed by atoms with E-state index in [0.29, 0.717) is 12.8 Å².